The summed E-state index contributed by atoms with van der Waals surface area (Å²) in [4.78, 5) is 0. The third-order valence-corrected chi connectivity index (χ3v) is 1.84. The summed E-state index contributed by atoms with van der Waals surface area (Å²) in [7, 11) is 0. The van der Waals surface area contributed by atoms with Crippen molar-refractivity contribution in [1.82, 2.24) is 0 Å². The second-order valence-electron chi connectivity index (χ2n) is 3.32. The molecule has 88 valence electrons. The van der Waals surface area contributed by atoms with Crippen LogP contribution < -0.4 is 0 Å². The summed E-state index contributed by atoms with van der Waals surface area (Å²) >= 11 is 0. The molecule has 0 unspecified atom stereocenters. The molecule has 0 aromatic heterocycles. The average Bonchev–Trinajstić information content (AvgIpc) is 2.17. The summed E-state index contributed by atoms with van der Waals surface area (Å²) < 4.78 is 19.5. The molecule has 0 N–H and O–H groups in total. The van der Waals surface area contributed by atoms with Gasteiger partial charge < -0.3 is 18.9 Å². The standard InChI is InChI=1S/2C6H8O2/c2*1-5-3-6(2)8-4-7-5/h2*1-4H2. The molecule has 2 heterocycles. The van der Waals surface area contributed by atoms with E-state index in [0.717, 1.165) is 23.0 Å². The highest BCUT2D eigenvalue weighted by atomic mass is 16.7. The van der Waals surface area contributed by atoms with Crippen LogP contribution in [0.2, 0.25) is 0 Å². The van der Waals surface area contributed by atoms with Gasteiger partial charge in [-0.05, 0) is 0 Å². The first-order valence-corrected chi connectivity index (χ1v) is 4.80. The maximum Gasteiger partial charge on any atom is 0.229 e. The maximum atomic E-state index is 4.87. The highest BCUT2D eigenvalue weighted by molar-refractivity contribution is 5.00. The van der Waals surface area contributed by atoms with Crippen molar-refractivity contribution in [2.24, 2.45) is 0 Å². The predicted octanol–water partition coefficient (Wildman–Crippen LogP) is 2.82. The fraction of sp³-hybridized carbons (Fsp3) is 0.333. The zero-order valence-corrected chi connectivity index (χ0v) is 9.29. The molecule has 2 aliphatic heterocycles. The van der Waals surface area contributed by atoms with Crippen LogP contribution in [0.5, 0.6) is 0 Å². The van der Waals surface area contributed by atoms with Gasteiger partial charge in [-0.25, -0.2) is 0 Å². The van der Waals surface area contributed by atoms with Crippen molar-refractivity contribution in [3.05, 3.63) is 49.4 Å². The second kappa shape index (κ2) is 5.90. The number of rotatable bonds is 0. The van der Waals surface area contributed by atoms with Crippen molar-refractivity contribution in [1.29, 1.82) is 0 Å². The van der Waals surface area contributed by atoms with E-state index in [4.69, 9.17) is 18.9 Å². The lowest BCUT2D eigenvalue weighted by Crippen LogP contribution is -2.06. The second-order valence-corrected chi connectivity index (χ2v) is 3.32. The monoisotopic (exact) mass is 224 g/mol. The van der Waals surface area contributed by atoms with Crippen LogP contribution in [0, 0.1) is 0 Å². The minimum atomic E-state index is 0.275. The molecule has 2 saturated heterocycles. The number of hydrogen-bond donors (Lipinski definition) is 0. The Balaban J connectivity index is 0.000000160. The van der Waals surface area contributed by atoms with E-state index >= 15 is 0 Å². The Kier molecular flexibility index (Phi) is 4.51. The van der Waals surface area contributed by atoms with E-state index in [-0.39, 0.29) is 13.6 Å². The normalized spacial score (nSPS) is 19.5. The van der Waals surface area contributed by atoms with Gasteiger partial charge in [-0.2, -0.15) is 0 Å². The molecule has 0 radical (unpaired) electrons. The van der Waals surface area contributed by atoms with Crippen LogP contribution in [0.4, 0.5) is 0 Å². The third kappa shape index (κ3) is 4.59. The van der Waals surface area contributed by atoms with Gasteiger partial charge in [0.15, 0.2) is 0 Å². The zero-order chi connectivity index (χ0) is 12.0. The third-order valence-electron chi connectivity index (χ3n) is 1.84. The Morgan fingerprint density at radius 1 is 0.562 bits per heavy atom. The summed E-state index contributed by atoms with van der Waals surface area (Å²) in [5.41, 5.74) is 0. The van der Waals surface area contributed by atoms with Crippen molar-refractivity contribution in [2.75, 3.05) is 13.6 Å². The van der Waals surface area contributed by atoms with Crippen molar-refractivity contribution >= 4 is 0 Å². The molecular formula is C12H16O4. The van der Waals surface area contributed by atoms with Gasteiger partial charge in [0, 0.05) is 0 Å². The summed E-state index contributed by atoms with van der Waals surface area (Å²) in [6.07, 6.45) is 1.28. The highest BCUT2D eigenvalue weighted by Crippen LogP contribution is 2.15. The molecule has 4 heteroatoms. The Hall–Kier alpha value is -1.84. The number of hydrogen-bond acceptors (Lipinski definition) is 4. The van der Waals surface area contributed by atoms with Crippen LogP contribution in [0.15, 0.2) is 49.4 Å². The lowest BCUT2D eigenvalue weighted by atomic mass is 10.3. The summed E-state index contributed by atoms with van der Waals surface area (Å²) in [6, 6.07) is 0. The van der Waals surface area contributed by atoms with Crippen LogP contribution >= 0.6 is 0 Å². The van der Waals surface area contributed by atoms with Crippen molar-refractivity contribution < 1.29 is 18.9 Å². The molecule has 16 heavy (non-hydrogen) atoms. The molecule has 0 aliphatic carbocycles. The Labute approximate surface area is 95.4 Å². The Morgan fingerprint density at radius 2 is 0.812 bits per heavy atom. The molecule has 2 aliphatic rings. The molecule has 0 saturated carbocycles. The van der Waals surface area contributed by atoms with Crippen molar-refractivity contribution in [3.63, 3.8) is 0 Å². The van der Waals surface area contributed by atoms with Crippen LogP contribution in [0.3, 0.4) is 0 Å². The molecule has 2 rings (SSSR count). The minimum absolute atomic E-state index is 0.275. The van der Waals surface area contributed by atoms with E-state index in [1.54, 1.807) is 0 Å². The summed E-state index contributed by atoms with van der Waals surface area (Å²) in [5.74, 6) is 2.95. The molecule has 0 atom stereocenters. The fourth-order valence-electron chi connectivity index (χ4n) is 1.04. The van der Waals surface area contributed by atoms with E-state index in [0.29, 0.717) is 12.8 Å². The zero-order valence-electron chi connectivity index (χ0n) is 9.29. The van der Waals surface area contributed by atoms with E-state index in [1.807, 2.05) is 0 Å². The fourth-order valence-corrected chi connectivity index (χ4v) is 1.04. The van der Waals surface area contributed by atoms with Gasteiger partial charge in [0.1, 0.15) is 23.0 Å². The first-order valence-electron chi connectivity index (χ1n) is 4.80. The van der Waals surface area contributed by atoms with Gasteiger partial charge in [-0.3, -0.25) is 0 Å². The Bertz CT molecular complexity index is 257. The van der Waals surface area contributed by atoms with Crippen LogP contribution in [0.1, 0.15) is 12.8 Å². The predicted molar refractivity (Wildman–Crippen MR) is 59.9 cm³/mol. The molecule has 4 nitrogen and oxygen atoms in total. The molecule has 0 bridgehead atoms. The van der Waals surface area contributed by atoms with Gasteiger partial charge in [-0.15, -0.1) is 0 Å². The van der Waals surface area contributed by atoms with Gasteiger partial charge in [0.2, 0.25) is 13.6 Å². The molecule has 2 fully saturated rings. The van der Waals surface area contributed by atoms with Gasteiger partial charge >= 0.3 is 0 Å². The molecular weight excluding hydrogens is 208 g/mol. The van der Waals surface area contributed by atoms with Crippen LogP contribution in [-0.4, -0.2) is 13.6 Å². The molecule has 0 aromatic carbocycles. The molecule has 0 aromatic rings. The van der Waals surface area contributed by atoms with E-state index in [1.165, 1.54) is 0 Å². The van der Waals surface area contributed by atoms with Gasteiger partial charge in [0.25, 0.3) is 0 Å². The smallest absolute Gasteiger partial charge is 0.229 e. The topological polar surface area (TPSA) is 36.9 Å². The first-order chi connectivity index (χ1) is 7.58. The van der Waals surface area contributed by atoms with E-state index < -0.39 is 0 Å². The van der Waals surface area contributed by atoms with E-state index in [9.17, 15) is 0 Å². The number of ether oxygens (including phenoxy) is 4. The van der Waals surface area contributed by atoms with Gasteiger partial charge in [-0.1, -0.05) is 26.3 Å². The van der Waals surface area contributed by atoms with Crippen molar-refractivity contribution in [3.8, 4) is 0 Å². The lowest BCUT2D eigenvalue weighted by molar-refractivity contribution is -0.0200. The SMILES string of the molecule is C=C1CC(=C)OCO1.C=C1CC(=C)OCO1. The molecule has 0 amide bonds. The van der Waals surface area contributed by atoms with Gasteiger partial charge in [0.05, 0.1) is 12.8 Å². The lowest BCUT2D eigenvalue weighted by Gasteiger charge is -2.17. The quantitative estimate of drug-likeness (QED) is 0.634. The summed E-state index contributed by atoms with van der Waals surface area (Å²) in [5, 5.41) is 0. The highest BCUT2D eigenvalue weighted by Gasteiger charge is 2.06. The average molecular weight is 224 g/mol. The van der Waals surface area contributed by atoms with Crippen molar-refractivity contribution in [2.45, 2.75) is 12.8 Å². The largest absolute Gasteiger partial charge is 0.462 e. The summed E-state index contributed by atoms with van der Waals surface area (Å²) in [6.45, 7) is 15.0. The molecule has 0 spiro atoms. The van der Waals surface area contributed by atoms with Crippen LogP contribution in [0.25, 0.3) is 0 Å². The Morgan fingerprint density at radius 3 is 0.938 bits per heavy atom. The minimum Gasteiger partial charge on any atom is -0.462 e. The van der Waals surface area contributed by atoms with Crippen LogP contribution in [-0.2, 0) is 18.9 Å². The maximum absolute atomic E-state index is 4.87. The van der Waals surface area contributed by atoms with E-state index in [2.05, 4.69) is 26.3 Å². The first kappa shape index (κ1) is 12.2.